The van der Waals surface area contributed by atoms with Gasteiger partial charge in [0.1, 0.15) is 0 Å². The molecular weight excluding hydrogens is 454 g/mol. The van der Waals surface area contributed by atoms with Gasteiger partial charge in [-0.3, -0.25) is 0 Å². The average molecular weight is 504 g/mol. The van der Waals surface area contributed by atoms with Gasteiger partial charge >= 0.3 is 16.5 Å². The second kappa shape index (κ2) is 19.1. The van der Waals surface area contributed by atoms with Gasteiger partial charge in [0.15, 0.2) is 5.30 Å². The van der Waals surface area contributed by atoms with Crippen molar-refractivity contribution in [2.24, 2.45) is 11.8 Å². The third-order valence-electron chi connectivity index (χ3n) is 5.63. The van der Waals surface area contributed by atoms with Crippen molar-refractivity contribution in [2.45, 2.75) is 105 Å². The molecule has 5 nitrogen and oxygen atoms in total. The highest BCUT2D eigenvalue weighted by molar-refractivity contribution is 7.74. The summed E-state index contributed by atoms with van der Waals surface area (Å²) in [4.78, 5) is 19.4. The largest absolute Gasteiger partial charge is 0.456 e. The van der Waals surface area contributed by atoms with Crippen LogP contribution in [-0.4, -0.2) is 23.0 Å². The van der Waals surface area contributed by atoms with Gasteiger partial charge in [0.05, 0.1) is 13.2 Å². The zero-order valence-electron chi connectivity index (χ0n) is 21.5. The van der Waals surface area contributed by atoms with Crippen LogP contribution in [0.15, 0.2) is 30.3 Å². The maximum Gasteiger partial charge on any atom is 0.456 e. The average Bonchev–Trinajstić information content (AvgIpc) is 2.77. The van der Waals surface area contributed by atoms with Crippen LogP contribution in [0.5, 0.6) is 0 Å². The van der Waals surface area contributed by atoms with Crippen LogP contribution in [-0.2, 0) is 13.4 Å². The van der Waals surface area contributed by atoms with Gasteiger partial charge < -0.3 is 9.79 Å². The molecule has 0 aliphatic rings. The van der Waals surface area contributed by atoms with Crippen LogP contribution >= 0.6 is 16.5 Å². The van der Waals surface area contributed by atoms with Gasteiger partial charge in [0.25, 0.3) is 0 Å². The highest BCUT2D eigenvalue weighted by Crippen LogP contribution is 2.67. The molecule has 0 bridgehead atoms. The molecule has 0 radical (unpaired) electrons. The van der Waals surface area contributed by atoms with Crippen molar-refractivity contribution in [3.05, 3.63) is 30.3 Å². The van der Waals surface area contributed by atoms with Crippen LogP contribution in [0.1, 0.15) is 105 Å². The molecule has 0 atom stereocenters. The van der Waals surface area contributed by atoms with Gasteiger partial charge in [-0.2, -0.15) is 9.05 Å². The highest BCUT2D eigenvalue weighted by Gasteiger charge is 2.51. The Hall–Kier alpha value is -0.120. The molecule has 0 fully saturated rings. The second-order valence-electron chi connectivity index (χ2n) is 9.73. The van der Waals surface area contributed by atoms with E-state index >= 15 is 0 Å². The maximum atomic E-state index is 9.70. The Labute approximate surface area is 205 Å². The van der Waals surface area contributed by atoms with Crippen molar-refractivity contribution < 1.29 is 23.1 Å². The number of benzene rings is 1. The fourth-order valence-corrected chi connectivity index (χ4v) is 6.90. The monoisotopic (exact) mass is 503 g/mol. The van der Waals surface area contributed by atoms with E-state index < -0.39 is 16.5 Å². The van der Waals surface area contributed by atoms with Crippen molar-refractivity contribution in [1.29, 1.82) is 0 Å². The van der Waals surface area contributed by atoms with E-state index in [1.54, 1.807) is 0 Å². The van der Waals surface area contributed by atoms with Crippen LogP contribution in [0, 0.1) is 11.8 Å². The molecule has 0 spiro atoms. The first kappa shape index (κ1) is 30.9. The summed E-state index contributed by atoms with van der Waals surface area (Å²) in [6, 6.07) is 9.52. The first-order valence-electron chi connectivity index (χ1n) is 13.0. The molecule has 0 heterocycles. The first-order chi connectivity index (χ1) is 15.9. The zero-order valence-corrected chi connectivity index (χ0v) is 23.2. The standard InChI is InChI=1S/C26H49O5P2/c1-24(2)18-12-7-5-9-16-22-29-33(31-32(27)28,26-20-14-11-15-21-26)30-23-17-10-6-8-13-19-25(3)4/h11,14-15,20-21,24-25,27-28H,5-10,12-13,16-19,22-23H2,1-4H3/q+1. The molecule has 0 aromatic heterocycles. The zero-order chi connectivity index (χ0) is 24.4. The van der Waals surface area contributed by atoms with Crippen LogP contribution in [0.25, 0.3) is 0 Å². The summed E-state index contributed by atoms with van der Waals surface area (Å²) >= 11 is 0. The van der Waals surface area contributed by atoms with Crippen LogP contribution in [0.3, 0.4) is 0 Å². The molecule has 1 aromatic rings. The smallest absolute Gasteiger partial charge is 0.326 e. The SMILES string of the molecule is CC(C)CCCCCCCO[P+](OCCCCCCCC(C)C)(OP(O)O)c1ccccc1. The molecule has 7 heteroatoms. The number of hydrogen-bond acceptors (Lipinski definition) is 5. The second-order valence-corrected chi connectivity index (χ2v) is 12.9. The van der Waals surface area contributed by atoms with Crippen molar-refractivity contribution in [2.75, 3.05) is 13.2 Å². The molecule has 0 aliphatic carbocycles. The fraction of sp³-hybridized carbons (Fsp3) is 0.769. The summed E-state index contributed by atoms with van der Waals surface area (Å²) in [5.74, 6) is 1.54. The molecule has 0 amide bonds. The van der Waals surface area contributed by atoms with Gasteiger partial charge in [-0.15, -0.1) is 0 Å². The van der Waals surface area contributed by atoms with Crippen LogP contribution in [0.4, 0.5) is 0 Å². The van der Waals surface area contributed by atoms with Crippen molar-refractivity contribution in [3.8, 4) is 0 Å². The number of rotatable bonds is 21. The Balaban J connectivity index is 2.54. The molecule has 192 valence electrons. The Bertz CT molecular complexity index is 545. The molecule has 1 aromatic carbocycles. The predicted octanol–water partition coefficient (Wildman–Crippen LogP) is 8.33. The lowest BCUT2D eigenvalue weighted by atomic mass is 10.0. The van der Waals surface area contributed by atoms with E-state index in [0.717, 1.165) is 42.8 Å². The third kappa shape index (κ3) is 15.5. The summed E-state index contributed by atoms with van der Waals surface area (Å²) in [5.41, 5.74) is 0. The minimum atomic E-state index is -3.02. The van der Waals surface area contributed by atoms with E-state index in [4.69, 9.17) is 13.4 Å². The lowest BCUT2D eigenvalue weighted by Crippen LogP contribution is -2.19. The molecule has 0 aliphatic heterocycles. The lowest BCUT2D eigenvalue weighted by Gasteiger charge is -2.22. The Kier molecular flexibility index (Phi) is 17.9. The number of unbranched alkanes of at least 4 members (excludes halogenated alkanes) is 8. The van der Waals surface area contributed by atoms with E-state index in [1.165, 1.54) is 51.4 Å². The molecule has 0 saturated carbocycles. The quantitative estimate of drug-likeness (QED) is 0.130. The van der Waals surface area contributed by atoms with Crippen LogP contribution in [0.2, 0.25) is 0 Å². The van der Waals surface area contributed by atoms with E-state index in [-0.39, 0.29) is 0 Å². The lowest BCUT2D eigenvalue weighted by molar-refractivity contribution is 0.178. The Morgan fingerprint density at radius 1 is 0.667 bits per heavy atom. The van der Waals surface area contributed by atoms with E-state index in [9.17, 15) is 9.79 Å². The minimum Gasteiger partial charge on any atom is -0.326 e. The Morgan fingerprint density at radius 2 is 1.09 bits per heavy atom. The van der Waals surface area contributed by atoms with Gasteiger partial charge in [-0.05, 0) is 36.8 Å². The van der Waals surface area contributed by atoms with Gasteiger partial charge in [-0.1, -0.05) is 114 Å². The Morgan fingerprint density at radius 3 is 1.52 bits per heavy atom. The van der Waals surface area contributed by atoms with Crippen LogP contribution < -0.4 is 5.30 Å². The first-order valence-corrected chi connectivity index (χ1v) is 15.7. The van der Waals surface area contributed by atoms with Crippen molar-refractivity contribution >= 4 is 21.9 Å². The summed E-state index contributed by atoms with van der Waals surface area (Å²) in [7, 11) is -5.61. The fourth-order valence-electron chi connectivity index (χ4n) is 3.73. The van der Waals surface area contributed by atoms with Crippen molar-refractivity contribution in [1.82, 2.24) is 0 Å². The van der Waals surface area contributed by atoms with E-state index in [2.05, 4.69) is 27.7 Å². The molecular formula is C26H49O5P2+. The number of hydrogen-bond donors (Lipinski definition) is 2. The van der Waals surface area contributed by atoms with Gasteiger partial charge in [0, 0.05) is 0 Å². The summed E-state index contributed by atoms with van der Waals surface area (Å²) < 4.78 is 18.0. The van der Waals surface area contributed by atoms with Crippen molar-refractivity contribution in [3.63, 3.8) is 0 Å². The summed E-state index contributed by atoms with van der Waals surface area (Å²) in [6.45, 7) is 10.1. The molecule has 0 saturated heterocycles. The molecule has 33 heavy (non-hydrogen) atoms. The summed E-state index contributed by atoms with van der Waals surface area (Å²) in [5, 5.41) is 0.759. The minimum absolute atomic E-state index is 0.491. The molecule has 2 N–H and O–H groups in total. The van der Waals surface area contributed by atoms with E-state index in [1.807, 2.05) is 30.3 Å². The van der Waals surface area contributed by atoms with Gasteiger partial charge in [-0.25, -0.2) is 0 Å². The van der Waals surface area contributed by atoms with E-state index in [0.29, 0.717) is 13.2 Å². The van der Waals surface area contributed by atoms with Gasteiger partial charge in [0.2, 0.25) is 0 Å². The third-order valence-corrected chi connectivity index (χ3v) is 9.05. The topological polar surface area (TPSA) is 68.2 Å². The molecule has 0 unspecified atom stereocenters. The summed E-state index contributed by atoms with van der Waals surface area (Å²) in [6.07, 6.45) is 14.0. The predicted molar refractivity (Wildman–Crippen MR) is 142 cm³/mol. The highest BCUT2D eigenvalue weighted by atomic mass is 31.3. The normalized spacial score (nSPS) is 12.4. The maximum absolute atomic E-state index is 9.70. The molecule has 1 rings (SSSR count).